The van der Waals surface area contributed by atoms with E-state index in [-0.39, 0.29) is 23.2 Å². The van der Waals surface area contributed by atoms with Crippen molar-refractivity contribution in [3.05, 3.63) is 101 Å². The second-order valence-corrected chi connectivity index (χ2v) is 18.7. The van der Waals surface area contributed by atoms with Crippen LogP contribution in [0.2, 0.25) is 0 Å². The first-order chi connectivity index (χ1) is 27.8. The Bertz CT molecular complexity index is 2070. The van der Waals surface area contributed by atoms with Crippen LogP contribution in [0.15, 0.2) is 84.5 Å². The van der Waals surface area contributed by atoms with Gasteiger partial charge in [-0.05, 0) is 107 Å². The molecule has 7 rings (SSSR count). The molecule has 0 spiro atoms. The van der Waals surface area contributed by atoms with Gasteiger partial charge in [-0.3, -0.25) is 14.4 Å². The summed E-state index contributed by atoms with van der Waals surface area (Å²) >= 11 is 0. The topological polar surface area (TPSA) is 173 Å². The second-order valence-electron chi connectivity index (χ2n) is 18.7. The van der Waals surface area contributed by atoms with Crippen molar-refractivity contribution < 1.29 is 43.6 Å². The van der Waals surface area contributed by atoms with Gasteiger partial charge in [0.15, 0.2) is 17.7 Å². The van der Waals surface area contributed by atoms with Gasteiger partial charge < -0.3 is 40.4 Å². The first-order valence-corrected chi connectivity index (χ1v) is 20.8. The van der Waals surface area contributed by atoms with E-state index in [1.165, 1.54) is 12.5 Å². The van der Waals surface area contributed by atoms with E-state index >= 15 is 0 Å². The number of rotatable bonds is 10. The monoisotopic (exact) mass is 809 g/mol. The molecule has 2 aromatic carbocycles. The third kappa shape index (κ3) is 7.80. The van der Waals surface area contributed by atoms with Crippen LogP contribution in [0.25, 0.3) is 0 Å². The Morgan fingerprint density at radius 1 is 1.00 bits per heavy atom. The van der Waals surface area contributed by atoms with Gasteiger partial charge in [0.2, 0.25) is 11.8 Å². The normalized spacial score (nSPS) is 33.0. The van der Waals surface area contributed by atoms with Crippen molar-refractivity contribution in [2.75, 3.05) is 11.9 Å². The Morgan fingerprint density at radius 2 is 1.71 bits per heavy atom. The molecule has 2 aromatic rings. The third-order valence-electron chi connectivity index (χ3n) is 13.6. The van der Waals surface area contributed by atoms with Crippen LogP contribution in [0, 0.1) is 28.6 Å². The molecule has 11 atom stereocenters. The van der Waals surface area contributed by atoms with E-state index in [1.807, 2.05) is 42.5 Å². The average Bonchev–Trinajstić information content (AvgIpc) is 3.67. The SMILES string of the molecule is C=C1C=C[C@@]2(C)C(=C1)CC[C@@H]1[C@@H]2[C@@H](O)C[C@@]2(C)[C@H]1C[C@H]1O[C@@H](c3ccc(Cc4cccc(NC(=O)[C@H](C)NC(=O)[C@H](C)NC(=O)OC(C)(C)C)c4)cc3)O[C@]12C(=O)CO. The van der Waals surface area contributed by atoms with Crippen molar-refractivity contribution in [3.8, 4) is 0 Å². The minimum absolute atomic E-state index is 0.00763. The van der Waals surface area contributed by atoms with Crippen molar-refractivity contribution in [3.63, 3.8) is 0 Å². The summed E-state index contributed by atoms with van der Waals surface area (Å²) in [5.74, 6) is -1.13. The molecule has 316 valence electrons. The zero-order valence-electron chi connectivity index (χ0n) is 35.2. The summed E-state index contributed by atoms with van der Waals surface area (Å²) in [6, 6.07) is 13.5. The number of Topliss-reactive ketones (excluding diaryl/α,β-unsaturated/α-hetero) is 1. The number of aliphatic hydroxyl groups is 2. The molecule has 12 nitrogen and oxygen atoms in total. The lowest BCUT2D eigenvalue weighted by atomic mass is 9.46. The van der Waals surface area contributed by atoms with E-state index in [2.05, 4.69) is 54.6 Å². The van der Waals surface area contributed by atoms with Gasteiger partial charge in [-0.15, -0.1) is 0 Å². The molecule has 1 aliphatic heterocycles. The van der Waals surface area contributed by atoms with Gasteiger partial charge in [0.25, 0.3) is 0 Å². The van der Waals surface area contributed by atoms with Crippen molar-refractivity contribution in [1.82, 2.24) is 10.6 Å². The van der Waals surface area contributed by atoms with Gasteiger partial charge in [0.1, 0.15) is 24.3 Å². The highest BCUT2D eigenvalue weighted by atomic mass is 16.7. The van der Waals surface area contributed by atoms with E-state index in [0.717, 1.165) is 35.1 Å². The zero-order valence-corrected chi connectivity index (χ0v) is 35.2. The van der Waals surface area contributed by atoms with Gasteiger partial charge in [-0.2, -0.15) is 0 Å². The molecule has 0 bridgehead atoms. The van der Waals surface area contributed by atoms with Crippen LogP contribution in [0.3, 0.4) is 0 Å². The highest BCUT2D eigenvalue weighted by Gasteiger charge is 2.75. The summed E-state index contributed by atoms with van der Waals surface area (Å²) < 4.78 is 18.6. The molecule has 0 aromatic heterocycles. The largest absolute Gasteiger partial charge is 0.444 e. The smallest absolute Gasteiger partial charge is 0.408 e. The number of benzene rings is 2. The number of hydrogen-bond acceptors (Lipinski definition) is 9. The Hall–Kier alpha value is -4.62. The van der Waals surface area contributed by atoms with Crippen LogP contribution in [-0.4, -0.2) is 76.0 Å². The molecule has 12 heteroatoms. The zero-order chi connectivity index (χ0) is 42.7. The molecular weight excluding hydrogens is 751 g/mol. The Balaban J connectivity index is 0.990. The number of allylic oxidation sites excluding steroid dienone is 5. The highest BCUT2D eigenvalue weighted by molar-refractivity contribution is 5.98. The number of fused-ring (bicyclic) bond motifs is 7. The first-order valence-electron chi connectivity index (χ1n) is 20.8. The molecule has 3 amide bonds. The number of alkyl carbamates (subject to hydrolysis) is 1. The summed E-state index contributed by atoms with van der Waals surface area (Å²) in [5, 5.41) is 30.3. The number of carbonyl (C=O) groups is 4. The fourth-order valence-corrected chi connectivity index (χ4v) is 10.9. The highest BCUT2D eigenvalue weighted by Crippen LogP contribution is 2.70. The van der Waals surface area contributed by atoms with Crippen molar-refractivity contribution in [2.45, 2.75) is 122 Å². The number of hydrogen-bond donors (Lipinski definition) is 5. The molecule has 4 aliphatic carbocycles. The summed E-state index contributed by atoms with van der Waals surface area (Å²) in [6.45, 7) is 16.0. The molecule has 59 heavy (non-hydrogen) atoms. The maximum atomic E-state index is 14.0. The predicted molar refractivity (Wildman–Crippen MR) is 222 cm³/mol. The van der Waals surface area contributed by atoms with Crippen LogP contribution in [0.4, 0.5) is 10.5 Å². The van der Waals surface area contributed by atoms with E-state index < -0.39 is 77.5 Å². The maximum absolute atomic E-state index is 14.0. The molecular formula is C47H59N3O9. The Morgan fingerprint density at radius 3 is 2.41 bits per heavy atom. The number of aliphatic hydroxyl groups excluding tert-OH is 2. The van der Waals surface area contributed by atoms with Crippen molar-refractivity contribution in [1.29, 1.82) is 0 Å². The maximum Gasteiger partial charge on any atom is 0.408 e. The predicted octanol–water partition coefficient (Wildman–Crippen LogP) is 6.22. The molecule has 5 aliphatic rings. The molecule has 3 saturated carbocycles. The number of ketones is 1. The quantitative estimate of drug-likeness (QED) is 0.187. The summed E-state index contributed by atoms with van der Waals surface area (Å²) in [5.41, 5.74) is 2.40. The third-order valence-corrected chi connectivity index (χ3v) is 13.6. The van der Waals surface area contributed by atoms with Crippen LogP contribution >= 0.6 is 0 Å². The summed E-state index contributed by atoms with van der Waals surface area (Å²) in [7, 11) is 0. The Labute approximate surface area is 346 Å². The van der Waals surface area contributed by atoms with E-state index in [0.29, 0.717) is 24.9 Å². The van der Waals surface area contributed by atoms with E-state index in [4.69, 9.17) is 14.2 Å². The van der Waals surface area contributed by atoms with E-state index in [9.17, 15) is 29.4 Å². The number of amides is 3. The van der Waals surface area contributed by atoms with E-state index in [1.54, 1.807) is 33.8 Å². The number of nitrogens with one attached hydrogen (secondary N) is 3. The fourth-order valence-electron chi connectivity index (χ4n) is 10.9. The molecule has 1 heterocycles. The average molecular weight is 810 g/mol. The number of ether oxygens (including phenoxy) is 3. The lowest BCUT2D eigenvalue weighted by molar-refractivity contribution is -0.201. The lowest BCUT2D eigenvalue weighted by Crippen LogP contribution is -2.63. The molecule has 1 saturated heterocycles. The van der Waals surface area contributed by atoms with Crippen LogP contribution in [0.5, 0.6) is 0 Å². The molecule has 0 radical (unpaired) electrons. The van der Waals surface area contributed by atoms with Crippen molar-refractivity contribution >= 4 is 29.4 Å². The van der Waals surface area contributed by atoms with Gasteiger partial charge >= 0.3 is 6.09 Å². The standard InChI is InChI=1S/C47H59N3O9/c1-26-18-19-45(7)32(20-26)16-17-34-35-23-38-47(37(53)25-51,46(35,8)24-36(52)39(34)45)58-42(57-38)31-14-12-29(13-15-31)21-30-10-9-11-33(22-30)50-41(55)27(2)48-40(54)28(3)49-43(56)59-44(4,5)6/h9-15,18-20,22,27-28,34-36,38-39,42,51-52H,1,16-17,21,23-25H2,2-8H3,(H,48,54)(H,49,56)(H,50,55)/t27-,28-,34-,35-,36-,38+,39+,42+,45-,46-,47+/m0/s1. The van der Waals surface area contributed by atoms with Crippen LogP contribution in [0.1, 0.15) is 97.1 Å². The molecule has 0 unspecified atom stereocenters. The fraction of sp³-hybridized carbons (Fsp3) is 0.532. The van der Waals surface area contributed by atoms with Gasteiger partial charge in [-0.1, -0.05) is 80.6 Å². The lowest BCUT2D eigenvalue weighted by Gasteiger charge is -2.59. The second kappa shape index (κ2) is 15.8. The minimum Gasteiger partial charge on any atom is -0.444 e. The van der Waals surface area contributed by atoms with Gasteiger partial charge in [0, 0.05) is 28.0 Å². The first kappa shape index (κ1) is 42.5. The molecule has 5 N–H and O–H groups in total. The van der Waals surface area contributed by atoms with Gasteiger partial charge in [-0.25, -0.2) is 4.79 Å². The van der Waals surface area contributed by atoms with Crippen LogP contribution < -0.4 is 16.0 Å². The number of carbonyl (C=O) groups excluding carboxylic acids is 4. The minimum atomic E-state index is -1.39. The summed E-state index contributed by atoms with van der Waals surface area (Å²) in [4.78, 5) is 51.7. The van der Waals surface area contributed by atoms with Crippen LogP contribution in [-0.2, 0) is 35.0 Å². The van der Waals surface area contributed by atoms with Crippen molar-refractivity contribution in [2.24, 2.45) is 28.6 Å². The van der Waals surface area contributed by atoms with Gasteiger partial charge in [0.05, 0.1) is 12.2 Å². The Kier molecular flexibility index (Phi) is 11.4. The molecule has 4 fully saturated rings. The summed E-state index contributed by atoms with van der Waals surface area (Å²) in [6.07, 6.45) is 6.99. The number of anilines is 1.